The van der Waals surface area contributed by atoms with E-state index in [1.54, 1.807) is 0 Å². The van der Waals surface area contributed by atoms with Gasteiger partial charge in [0.2, 0.25) is 0 Å². The van der Waals surface area contributed by atoms with Gasteiger partial charge in [0.25, 0.3) is 0 Å². The fourth-order valence-electron chi connectivity index (χ4n) is 2.43. The van der Waals surface area contributed by atoms with E-state index in [1.807, 2.05) is 17.8 Å². The standard InChI is InChI=1S/C14H11NOS/c1-3-7-12-10(5-1)14-15(9-16-12)11-6-2-4-8-13(11)17-14/h1-8,14H,9H2. The molecule has 2 aliphatic heterocycles. The summed E-state index contributed by atoms with van der Waals surface area (Å²) < 4.78 is 5.81. The van der Waals surface area contributed by atoms with Crippen molar-refractivity contribution >= 4 is 17.4 Å². The van der Waals surface area contributed by atoms with Gasteiger partial charge in [0.05, 0.1) is 5.69 Å². The average Bonchev–Trinajstić information content (AvgIpc) is 2.78. The highest BCUT2D eigenvalue weighted by molar-refractivity contribution is 8.00. The van der Waals surface area contributed by atoms with Gasteiger partial charge < -0.3 is 9.64 Å². The maximum absolute atomic E-state index is 5.81. The molecule has 0 radical (unpaired) electrons. The zero-order chi connectivity index (χ0) is 11.2. The van der Waals surface area contributed by atoms with Crippen LogP contribution in [0.15, 0.2) is 53.4 Å². The summed E-state index contributed by atoms with van der Waals surface area (Å²) >= 11 is 1.91. The first-order valence-corrected chi connectivity index (χ1v) is 6.55. The average molecular weight is 241 g/mol. The number of fused-ring (bicyclic) bond motifs is 5. The first kappa shape index (κ1) is 9.42. The van der Waals surface area contributed by atoms with E-state index in [0.717, 1.165) is 5.75 Å². The third-order valence-corrected chi connectivity index (χ3v) is 4.57. The summed E-state index contributed by atoms with van der Waals surface area (Å²) in [6.45, 7) is 0.645. The smallest absolute Gasteiger partial charge is 0.162 e. The molecule has 0 fully saturated rings. The molecule has 2 heterocycles. The molecule has 2 aromatic carbocycles. The highest BCUT2D eigenvalue weighted by Crippen LogP contribution is 2.54. The molecule has 0 saturated carbocycles. The van der Waals surface area contributed by atoms with Crippen LogP contribution in [0.4, 0.5) is 5.69 Å². The van der Waals surface area contributed by atoms with Gasteiger partial charge in [-0.15, -0.1) is 0 Å². The summed E-state index contributed by atoms with van der Waals surface area (Å²) in [7, 11) is 0. The Bertz CT molecular complexity index is 584. The Balaban J connectivity index is 1.85. The van der Waals surface area contributed by atoms with Crippen LogP contribution in [0.3, 0.4) is 0 Å². The van der Waals surface area contributed by atoms with Gasteiger partial charge in [-0.3, -0.25) is 0 Å². The Morgan fingerprint density at radius 2 is 1.88 bits per heavy atom. The van der Waals surface area contributed by atoms with Gasteiger partial charge in [0.1, 0.15) is 11.1 Å². The third kappa shape index (κ3) is 1.29. The second-order valence-electron chi connectivity index (χ2n) is 4.22. The zero-order valence-corrected chi connectivity index (χ0v) is 9.98. The number of hydrogen-bond donors (Lipinski definition) is 0. The van der Waals surface area contributed by atoms with Crippen LogP contribution in [0.2, 0.25) is 0 Å². The van der Waals surface area contributed by atoms with Crippen LogP contribution in [0.25, 0.3) is 0 Å². The molecule has 4 rings (SSSR count). The maximum Gasteiger partial charge on any atom is 0.162 e. The number of ether oxygens (including phenoxy) is 1. The van der Waals surface area contributed by atoms with Crippen molar-refractivity contribution in [2.75, 3.05) is 11.6 Å². The topological polar surface area (TPSA) is 12.5 Å². The molecule has 0 aromatic heterocycles. The van der Waals surface area contributed by atoms with Gasteiger partial charge >= 0.3 is 0 Å². The summed E-state index contributed by atoms with van der Waals surface area (Å²) in [6, 6.07) is 16.8. The number of rotatable bonds is 0. The number of hydrogen-bond acceptors (Lipinski definition) is 3. The largest absolute Gasteiger partial charge is 0.473 e. The van der Waals surface area contributed by atoms with Crippen molar-refractivity contribution in [1.82, 2.24) is 0 Å². The number of anilines is 1. The lowest BCUT2D eigenvalue weighted by Crippen LogP contribution is -2.32. The number of para-hydroxylation sites is 2. The Hall–Kier alpha value is -1.61. The van der Waals surface area contributed by atoms with Gasteiger partial charge in [-0.25, -0.2) is 0 Å². The van der Waals surface area contributed by atoms with Crippen LogP contribution in [0.5, 0.6) is 5.75 Å². The minimum absolute atomic E-state index is 0.373. The molecule has 17 heavy (non-hydrogen) atoms. The van der Waals surface area contributed by atoms with E-state index < -0.39 is 0 Å². The fourth-order valence-corrected chi connectivity index (χ4v) is 3.76. The van der Waals surface area contributed by atoms with Crippen molar-refractivity contribution in [3.8, 4) is 5.75 Å². The Morgan fingerprint density at radius 1 is 1.06 bits per heavy atom. The predicted octanol–water partition coefficient (Wildman–Crippen LogP) is 3.65. The SMILES string of the molecule is c1ccc2c(c1)OCN1c3ccccc3SC21. The quantitative estimate of drug-likeness (QED) is 0.698. The number of benzene rings is 2. The molecule has 0 spiro atoms. The summed E-state index contributed by atoms with van der Waals surface area (Å²) in [5.74, 6) is 1.02. The molecule has 84 valence electrons. The summed E-state index contributed by atoms with van der Waals surface area (Å²) in [5.41, 5.74) is 2.57. The van der Waals surface area contributed by atoms with E-state index in [9.17, 15) is 0 Å². The second-order valence-corrected chi connectivity index (χ2v) is 5.34. The molecular formula is C14H11NOS. The molecule has 0 bridgehead atoms. The molecule has 2 aromatic rings. The van der Waals surface area contributed by atoms with Gasteiger partial charge in [-0.05, 0) is 18.2 Å². The van der Waals surface area contributed by atoms with Gasteiger partial charge in [0, 0.05) is 10.5 Å². The van der Waals surface area contributed by atoms with Crippen LogP contribution in [0, 0.1) is 0 Å². The summed E-state index contributed by atoms with van der Waals surface area (Å²) in [5, 5.41) is 0.373. The normalized spacial score (nSPS) is 20.2. The van der Waals surface area contributed by atoms with Gasteiger partial charge in [0.15, 0.2) is 6.73 Å². The van der Waals surface area contributed by atoms with Crippen LogP contribution >= 0.6 is 11.8 Å². The van der Waals surface area contributed by atoms with E-state index in [4.69, 9.17) is 4.74 Å². The maximum atomic E-state index is 5.81. The lowest BCUT2D eigenvalue weighted by atomic mass is 10.1. The van der Waals surface area contributed by atoms with E-state index in [-0.39, 0.29) is 0 Å². The summed E-state index contributed by atoms with van der Waals surface area (Å²) in [4.78, 5) is 3.67. The van der Waals surface area contributed by atoms with Crippen molar-refractivity contribution in [2.24, 2.45) is 0 Å². The molecule has 0 saturated heterocycles. The molecular weight excluding hydrogens is 230 g/mol. The minimum Gasteiger partial charge on any atom is -0.473 e. The van der Waals surface area contributed by atoms with E-state index in [2.05, 4.69) is 47.4 Å². The van der Waals surface area contributed by atoms with Crippen molar-refractivity contribution < 1.29 is 4.74 Å². The van der Waals surface area contributed by atoms with Crippen molar-refractivity contribution in [3.05, 3.63) is 54.1 Å². The van der Waals surface area contributed by atoms with E-state index >= 15 is 0 Å². The number of nitrogens with zero attached hydrogens (tertiary/aromatic N) is 1. The Morgan fingerprint density at radius 3 is 2.88 bits per heavy atom. The minimum atomic E-state index is 0.373. The molecule has 3 heteroatoms. The first-order valence-electron chi connectivity index (χ1n) is 5.67. The highest BCUT2D eigenvalue weighted by Gasteiger charge is 2.35. The van der Waals surface area contributed by atoms with E-state index in [0.29, 0.717) is 12.1 Å². The molecule has 0 N–H and O–H groups in total. The van der Waals surface area contributed by atoms with Crippen LogP contribution < -0.4 is 9.64 Å². The molecule has 0 aliphatic carbocycles. The molecule has 1 unspecified atom stereocenters. The van der Waals surface area contributed by atoms with Crippen molar-refractivity contribution in [2.45, 2.75) is 10.3 Å². The molecule has 1 atom stereocenters. The molecule has 0 amide bonds. The van der Waals surface area contributed by atoms with E-state index in [1.165, 1.54) is 16.1 Å². The number of thioether (sulfide) groups is 1. The Labute approximate surface area is 104 Å². The van der Waals surface area contributed by atoms with Gasteiger partial charge in [-0.1, -0.05) is 42.1 Å². The van der Waals surface area contributed by atoms with Crippen molar-refractivity contribution in [1.29, 1.82) is 0 Å². The van der Waals surface area contributed by atoms with Crippen molar-refractivity contribution in [3.63, 3.8) is 0 Å². The summed E-state index contributed by atoms with van der Waals surface area (Å²) in [6.07, 6.45) is 0. The van der Waals surface area contributed by atoms with Gasteiger partial charge in [-0.2, -0.15) is 0 Å². The molecule has 2 nitrogen and oxygen atoms in total. The zero-order valence-electron chi connectivity index (χ0n) is 9.17. The second kappa shape index (κ2) is 3.44. The van der Waals surface area contributed by atoms with Crippen LogP contribution in [-0.2, 0) is 0 Å². The lowest BCUT2D eigenvalue weighted by molar-refractivity contribution is 0.288. The highest BCUT2D eigenvalue weighted by atomic mass is 32.2. The third-order valence-electron chi connectivity index (χ3n) is 3.24. The molecule has 2 aliphatic rings. The first-order chi connectivity index (χ1) is 8.43. The lowest BCUT2D eigenvalue weighted by Gasteiger charge is -2.32. The Kier molecular flexibility index (Phi) is 1.91. The predicted molar refractivity (Wildman–Crippen MR) is 69.5 cm³/mol. The van der Waals surface area contributed by atoms with Crippen LogP contribution in [0.1, 0.15) is 10.9 Å². The monoisotopic (exact) mass is 241 g/mol. The fraction of sp³-hybridized carbons (Fsp3) is 0.143. The van der Waals surface area contributed by atoms with Crippen LogP contribution in [-0.4, -0.2) is 6.73 Å².